The van der Waals surface area contributed by atoms with E-state index in [0.29, 0.717) is 24.5 Å². The van der Waals surface area contributed by atoms with Gasteiger partial charge in [-0.3, -0.25) is 14.8 Å². The van der Waals surface area contributed by atoms with Crippen molar-refractivity contribution < 1.29 is 9.18 Å². The van der Waals surface area contributed by atoms with Crippen LogP contribution in [0.1, 0.15) is 10.5 Å². The van der Waals surface area contributed by atoms with Gasteiger partial charge in [0.25, 0.3) is 5.91 Å². The summed E-state index contributed by atoms with van der Waals surface area (Å²) < 4.78 is 15.2. The van der Waals surface area contributed by atoms with Crippen LogP contribution in [-0.4, -0.2) is 63.2 Å². The Hall–Kier alpha value is -2.93. The van der Waals surface area contributed by atoms with Gasteiger partial charge >= 0.3 is 0 Å². The van der Waals surface area contributed by atoms with Gasteiger partial charge in [0.05, 0.1) is 5.69 Å². The molecule has 1 fully saturated rings. The quantitative estimate of drug-likeness (QED) is 0.754. The Balaban J connectivity index is 1.32. The molecule has 6 nitrogen and oxygen atoms in total. The molecule has 0 atom stereocenters. The smallest absolute Gasteiger partial charge is 0.271 e. The molecule has 140 valence electrons. The molecule has 7 heteroatoms. The van der Waals surface area contributed by atoms with E-state index in [0.717, 1.165) is 31.7 Å². The number of halogens is 1. The lowest BCUT2D eigenvalue weighted by Gasteiger charge is -2.34. The SMILES string of the molecule is O=C(c1cc(-c2ccc(F)cc2)n[nH]1)N1CCN(CCn2cccc2)CC1. The fraction of sp³-hybridized carbons (Fsp3) is 0.300. The van der Waals surface area contributed by atoms with Gasteiger partial charge in [-0.15, -0.1) is 0 Å². The van der Waals surface area contributed by atoms with Gasteiger partial charge in [-0.2, -0.15) is 5.10 Å². The van der Waals surface area contributed by atoms with Gasteiger partial charge < -0.3 is 9.47 Å². The maximum Gasteiger partial charge on any atom is 0.271 e. The van der Waals surface area contributed by atoms with Crippen LogP contribution < -0.4 is 0 Å². The number of rotatable bonds is 5. The molecule has 3 heterocycles. The monoisotopic (exact) mass is 367 g/mol. The Kier molecular flexibility index (Phi) is 5.02. The highest BCUT2D eigenvalue weighted by Gasteiger charge is 2.23. The highest BCUT2D eigenvalue weighted by molar-refractivity contribution is 5.93. The number of aromatic nitrogens is 3. The second-order valence-electron chi connectivity index (χ2n) is 6.73. The molecule has 1 saturated heterocycles. The summed E-state index contributed by atoms with van der Waals surface area (Å²) in [7, 11) is 0. The van der Waals surface area contributed by atoms with Crippen LogP contribution in [0.25, 0.3) is 11.3 Å². The number of piperazine rings is 1. The Morgan fingerprint density at radius 3 is 2.44 bits per heavy atom. The van der Waals surface area contributed by atoms with E-state index in [9.17, 15) is 9.18 Å². The van der Waals surface area contributed by atoms with Gasteiger partial charge in [-0.1, -0.05) is 0 Å². The van der Waals surface area contributed by atoms with Crippen molar-refractivity contribution in [2.45, 2.75) is 6.54 Å². The summed E-state index contributed by atoms with van der Waals surface area (Å²) >= 11 is 0. The van der Waals surface area contributed by atoms with Crippen LogP contribution in [0.15, 0.2) is 54.9 Å². The third-order valence-electron chi connectivity index (χ3n) is 4.95. The van der Waals surface area contributed by atoms with E-state index in [1.165, 1.54) is 12.1 Å². The first-order valence-electron chi connectivity index (χ1n) is 9.13. The second-order valence-corrected chi connectivity index (χ2v) is 6.73. The molecule has 3 aromatic rings. The normalized spacial score (nSPS) is 15.2. The van der Waals surface area contributed by atoms with E-state index in [4.69, 9.17) is 0 Å². The van der Waals surface area contributed by atoms with Gasteiger partial charge in [0, 0.05) is 57.2 Å². The number of carbonyl (C=O) groups is 1. The van der Waals surface area contributed by atoms with Crippen LogP contribution in [0.4, 0.5) is 4.39 Å². The summed E-state index contributed by atoms with van der Waals surface area (Å²) in [5.74, 6) is -0.332. The first-order valence-corrected chi connectivity index (χ1v) is 9.13. The van der Waals surface area contributed by atoms with E-state index in [-0.39, 0.29) is 11.7 Å². The lowest BCUT2D eigenvalue weighted by molar-refractivity contribution is 0.0627. The minimum absolute atomic E-state index is 0.0408. The molecule has 0 radical (unpaired) electrons. The molecular weight excluding hydrogens is 345 g/mol. The third-order valence-corrected chi connectivity index (χ3v) is 4.95. The van der Waals surface area contributed by atoms with Crippen LogP contribution in [0.3, 0.4) is 0 Å². The van der Waals surface area contributed by atoms with Crippen molar-refractivity contribution in [1.82, 2.24) is 24.6 Å². The molecule has 27 heavy (non-hydrogen) atoms. The average molecular weight is 367 g/mol. The largest absolute Gasteiger partial charge is 0.353 e. The zero-order valence-corrected chi connectivity index (χ0v) is 15.0. The first kappa shape index (κ1) is 17.5. The van der Waals surface area contributed by atoms with Gasteiger partial charge in [-0.25, -0.2) is 4.39 Å². The summed E-state index contributed by atoms with van der Waals surface area (Å²) in [5.41, 5.74) is 1.89. The molecule has 1 aliphatic heterocycles. The van der Waals surface area contributed by atoms with Gasteiger partial charge in [0.1, 0.15) is 11.5 Å². The molecule has 0 spiro atoms. The summed E-state index contributed by atoms with van der Waals surface area (Å²) in [6.45, 7) is 5.08. The van der Waals surface area contributed by atoms with Gasteiger partial charge in [-0.05, 0) is 42.5 Å². The number of aromatic amines is 1. The average Bonchev–Trinajstić information content (AvgIpc) is 3.39. The molecule has 4 rings (SSSR count). The second kappa shape index (κ2) is 7.75. The topological polar surface area (TPSA) is 57.2 Å². The van der Waals surface area contributed by atoms with Crippen molar-refractivity contribution >= 4 is 5.91 Å². The number of hydrogen-bond donors (Lipinski definition) is 1. The number of amides is 1. The number of benzene rings is 1. The first-order chi connectivity index (χ1) is 13.2. The maximum absolute atomic E-state index is 13.1. The minimum Gasteiger partial charge on any atom is -0.353 e. The molecule has 0 saturated carbocycles. The Labute approximate surface area is 157 Å². The molecule has 1 aliphatic rings. The Morgan fingerprint density at radius 2 is 1.74 bits per heavy atom. The molecule has 1 N–H and O–H groups in total. The summed E-state index contributed by atoms with van der Waals surface area (Å²) in [4.78, 5) is 17.0. The van der Waals surface area contributed by atoms with Crippen molar-refractivity contribution in [1.29, 1.82) is 0 Å². The van der Waals surface area contributed by atoms with Gasteiger partial charge in [0.2, 0.25) is 0 Å². The molecule has 0 unspecified atom stereocenters. The van der Waals surface area contributed by atoms with Crippen molar-refractivity contribution in [3.05, 3.63) is 66.4 Å². The van der Waals surface area contributed by atoms with Gasteiger partial charge in [0.15, 0.2) is 0 Å². The Bertz CT molecular complexity index is 880. The standard InChI is InChI=1S/C20H22FN5O/c21-17-5-3-16(4-6-17)18-15-19(23-22-18)20(27)26-13-11-25(12-14-26)10-9-24-7-1-2-8-24/h1-8,15H,9-14H2,(H,22,23). The van der Waals surface area contributed by atoms with Crippen molar-refractivity contribution in [2.75, 3.05) is 32.7 Å². The fourth-order valence-corrected chi connectivity index (χ4v) is 3.32. The number of hydrogen-bond acceptors (Lipinski definition) is 3. The predicted molar refractivity (Wildman–Crippen MR) is 101 cm³/mol. The number of H-pyrrole nitrogens is 1. The number of nitrogens with one attached hydrogen (secondary N) is 1. The van der Waals surface area contributed by atoms with Crippen molar-refractivity contribution in [3.63, 3.8) is 0 Å². The van der Waals surface area contributed by atoms with Crippen LogP contribution in [0.5, 0.6) is 0 Å². The highest BCUT2D eigenvalue weighted by atomic mass is 19.1. The predicted octanol–water partition coefficient (Wildman–Crippen LogP) is 2.48. The molecule has 1 amide bonds. The molecule has 0 aliphatic carbocycles. The van der Waals surface area contributed by atoms with E-state index in [1.807, 2.05) is 17.0 Å². The highest BCUT2D eigenvalue weighted by Crippen LogP contribution is 2.19. The maximum atomic E-state index is 13.1. The summed E-state index contributed by atoms with van der Waals surface area (Å²) in [6, 6.07) is 11.9. The summed E-state index contributed by atoms with van der Waals surface area (Å²) in [5, 5.41) is 7.02. The molecule has 1 aromatic carbocycles. The van der Waals surface area contributed by atoms with Crippen LogP contribution in [0.2, 0.25) is 0 Å². The molecule has 2 aromatic heterocycles. The van der Waals surface area contributed by atoms with E-state index >= 15 is 0 Å². The van der Waals surface area contributed by atoms with E-state index in [1.54, 1.807) is 18.2 Å². The zero-order chi connectivity index (χ0) is 18.6. The van der Waals surface area contributed by atoms with Crippen LogP contribution >= 0.6 is 0 Å². The number of nitrogens with zero attached hydrogens (tertiary/aromatic N) is 4. The van der Waals surface area contributed by atoms with Crippen LogP contribution in [0, 0.1) is 5.82 Å². The van der Waals surface area contributed by atoms with Crippen molar-refractivity contribution in [2.24, 2.45) is 0 Å². The minimum atomic E-state index is -0.291. The van der Waals surface area contributed by atoms with E-state index in [2.05, 4.69) is 32.1 Å². The number of carbonyl (C=O) groups excluding carboxylic acids is 1. The lowest BCUT2D eigenvalue weighted by atomic mass is 10.1. The third kappa shape index (κ3) is 4.09. The lowest BCUT2D eigenvalue weighted by Crippen LogP contribution is -2.49. The van der Waals surface area contributed by atoms with E-state index < -0.39 is 0 Å². The fourth-order valence-electron chi connectivity index (χ4n) is 3.32. The molecular formula is C20H22FN5O. The van der Waals surface area contributed by atoms with Crippen LogP contribution in [-0.2, 0) is 6.54 Å². The van der Waals surface area contributed by atoms with Crippen molar-refractivity contribution in [3.8, 4) is 11.3 Å². The zero-order valence-electron chi connectivity index (χ0n) is 15.0. The summed E-state index contributed by atoms with van der Waals surface area (Å²) in [6.07, 6.45) is 4.13. The molecule has 0 bridgehead atoms. The Morgan fingerprint density at radius 1 is 1.04 bits per heavy atom.